The molecule has 0 bridgehead atoms. The van der Waals surface area contributed by atoms with Crippen molar-refractivity contribution in [1.82, 2.24) is 4.98 Å². The average Bonchev–Trinajstić information content (AvgIpc) is 2.55. The fraction of sp³-hybridized carbons (Fsp3) is 0.0588. The lowest BCUT2D eigenvalue weighted by molar-refractivity contribution is -0.118. The zero-order valence-corrected chi connectivity index (χ0v) is 12.8. The number of aromatic amines is 1. The SMILES string of the molecule is O=C(COc1cccc2ccc(=O)[nH]c12)Nc1ccc(Cl)cc1. The maximum absolute atomic E-state index is 11.9. The topological polar surface area (TPSA) is 71.2 Å². The highest BCUT2D eigenvalue weighted by Crippen LogP contribution is 2.22. The Bertz CT molecular complexity index is 904. The van der Waals surface area contributed by atoms with Crippen LogP contribution in [0.3, 0.4) is 0 Å². The molecule has 3 rings (SSSR count). The van der Waals surface area contributed by atoms with E-state index in [4.69, 9.17) is 16.3 Å². The van der Waals surface area contributed by atoms with E-state index in [0.717, 1.165) is 5.39 Å². The second-order valence-corrected chi connectivity index (χ2v) is 5.32. The zero-order valence-electron chi connectivity index (χ0n) is 12.0. The molecule has 0 spiro atoms. The highest BCUT2D eigenvalue weighted by Gasteiger charge is 2.07. The lowest BCUT2D eigenvalue weighted by Crippen LogP contribution is -2.20. The van der Waals surface area contributed by atoms with E-state index in [2.05, 4.69) is 10.3 Å². The number of benzene rings is 2. The first-order valence-electron chi connectivity index (χ1n) is 6.92. The van der Waals surface area contributed by atoms with E-state index < -0.39 is 0 Å². The molecule has 1 aromatic heterocycles. The van der Waals surface area contributed by atoms with Crippen molar-refractivity contribution in [3.63, 3.8) is 0 Å². The summed E-state index contributed by atoms with van der Waals surface area (Å²) in [6, 6.07) is 15.3. The predicted octanol–water partition coefficient (Wildman–Crippen LogP) is 3.20. The first-order chi connectivity index (χ1) is 11.1. The van der Waals surface area contributed by atoms with E-state index in [1.807, 2.05) is 6.07 Å². The number of carbonyl (C=O) groups excluding carboxylic acids is 1. The normalized spacial score (nSPS) is 10.5. The van der Waals surface area contributed by atoms with Gasteiger partial charge in [-0.3, -0.25) is 9.59 Å². The Kier molecular flexibility index (Phi) is 4.30. The predicted molar refractivity (Wildman–Crippen MR) is 90.1 cm³/mol. The van der Waals surface area contributed by atoms with Crippen LogP contribution in [0.5, 0.6) is 5.75 Å². The molecule has 0 aliphatic carbocycles. The fourth-order valence-electron chi connectivity index (χ4n) is 2.14. The van der Waals surface area contributed by atoms with Gasteiger partial charge in [0, 0.05) is 22.2 Å². The third-order valence-electron chi connectivity index (χ3n) is 3.21. The van der Waals surface area contributed by atoms with Crippen molar-refractivity contribution in [1.29, 1.82) is 0 Å². The van der Waals surface area contributed by atoms with Gasteiger partial charge < -0.3 is 15.0 Å². The molecule has 0 saturated heterocycles. The van der Waals surface area contributed by atoms with Crippen LogP contribution >= 0.6 is 11.6 Å². The number of hydrogen-bond donors (Lipinski definition) is 2. The van der Waals surface area contributed by atoms with E-state index in [0.29, 0.717) is 22.0 Å². The molecule has 5 nitrogen and oxygen atoms in total. The highest BCUT2D eigenvalue weighted by molar-refractivity contribution is 6.30. The van der Waals surface area contributed by atoms with Gasteiger partial charge in [-0.2, -0.15) is 0 Å². The number of H-pyrrole nitrogens is 1. The third kappa shape index (κ3) is 3.70. The van der Waals surface area contributed by atoms with Gasteiger partial charge in [-0.1, -0.05) is 23.7 Å². The Hall–Kier alpha value is -2.79. The number of rotatable bonds is 4. The van der Waals surface area contributed by atoms with E-state index in [9.17, 15) is 9.59 Å². The minimum absolute atomic E-state index is 0.168. The molecule has 2 N–H and O–H groups in total. The molecule has 6 heteroatoms. The van der Waals surface area contributed by atoms with Crippen molar-refractivity contribution in [2.24, 2.45) is 0 Å². The van der Waals surface area contributed by atoms with Gasteiger partial charge in [-0.15, -0.1) is 0 Å². The Labute approximate surface area is 136 Å². The van der Waals surface area contributed by atoms with Crippen LogP contribution < -0.4 is 15.6 Å². The molecule has 0 aliphatic heterocycles. The van der Waals surface area contributed by atoms with Gasteiger partial charge in [0.05, 0.1) is 5.52 Å². The largest absolute Gasteiger partial charge is 0.482 e. The van der Waals surface area contributed by atoms with Crippen molar-refractivity contribution >= 4 is 34.1 Å². The standard InChI is InChI=1S/C17H13ClN2O3/c18-12-5-7-13(8-6-12)19-16(22)10-23-14-3-1-2-11-4-9-15(21)20-17(11)14/h1-9H,10H2,(H,19,22)(H,20,21). The molecule has 116 valence electrons. The van der Waals surface area contributed by atoms with Gasteiger partial charge in [0.15, 0.2) is 6.61 Å². The molecule has 0 aliphatic rings. The highest BCUT2D eigenvalue weighted by atomic mass is 35.5. The van der Waals surface area contributed by atoms with Crippen molar-refractivity contribution in [2.45, 2.75) is 0 Å². The molecule has 0 unspecified atom stereocenters. The third-order valence-corrected chi connectivity index (χ3v) is 3.46. The number of para-hydroxylation sites is 1. The summed E-state index contributed by atoms with van der Waals surface area (Å²) in [5, 5.41) is 4.13. The van der Waals surface area contributed by atoms with E-state index >= 15 is 0 Å². The zero-order chi connectivity index (χ0) is 16.2. The van der Waals surface area contributed by atoms with Crippen LogP contribution in [-0.4, -0.2) is 17.5 Å². The van der Waals surface area contributed by atoms with E-state index in [-0.39, 0.29) is 18.1 Å². The van der Waals surface area contributed by atoms with Crippen LogP contribution in [-0.2, 0) is 4.79 Å². The molecule has 3 aromatic rings. The van der Waals surface area contributed by atoms with Crippen LogP contribution in [0, 0.1) is 0 Å². The number of hydrogen-bond acceptors (Lipinski definition) is 3. The molecule has 0 fully saturated rings. The number of aromatic nitrogens is 1. The van der Waals surface area contributed by atoms with Crippen LogP contribution in [0.4, 0.5) is 5.69 Å². The number of carbonyl (C=O) groups is 1. The number of ether oxygens (including phenoxy) is 1. The van der Waals surface area contributed by atoms with Gasteiger partial charge >= 0.3 is 0 Å². The fourth-order valence-corrected chi connectivity index (χ4v) is 2.27. The number of anilines is 1. The number of amides is 1. The second-order valence-electron chi connectivity index (χ2n) is 4.89. The lowest BCUT2D eigenvalue weighted by Gasteiger charge is -2.09. The maximum atomic E-state index is 11.9. The molecular weight excluding hydrogens is 316 g/mol. The monoisotopic (exact) mass is 328 g/mol. The molecule has 0 atom stereocenters. The lowest BCUT2D eigenvalue weighted by atomic mass is 10.2. The molecular formula is C17H13ClN2O3. The van der Waals surface area contributed by atoms with E-state index in [1.54, 1.807) is 42.5 Å². The summed E-state index contributed by atoms with van der Waals surface area (Å²) in [7, 11) is 0. The summed E-state index contributed by atoms with van der Waals surface area (Å²) >= 11 is 5.79. The van der Waals surface area contributed by atoms with Crippen molar-refractivity contribution in [3.05, 3.63) is 70.0 Å². The van der Waals surface area contributed by atoms with Crippen molar-refractivity contribution in [3.8, 4) is 5.75 Å². The van der Waals surface area contributed by atoms with E-state index in [1.165, 1.54) is 6.07 Å². The summed E-state index contributed by atoms with van der Waals surface area (Å²) in [6.07, 6.45) is 0. The number of nitrogens with one attached hydrogen (secondary N) is 2. The number of halogens is 1. The molecule has 1 heterocycles. The molecule has 0 radical (unpaired) electrons. The Morgan fingerprint density at radius 2 is 1.87 bits per heavy atom. The minimum Gasteiger partial charge on any atom is -0.482 e. The van der Waals surface area contributed by atoms with Gasteiger partial charge in [0.2, 0.25) is 5.56 Å². The smallest absolute Gasteiger partial charge is 0.262 e. The van der Waals surface area contributed by atoms with Crippen molar-refractivity contribution in [2.75, 3.05) is 11.9 Å². The average molecular weight is 329 g/mol. The van der Waals surface area contributed by atoms with Gasteiger partial charge in [-0.25, -0.2) is 0 Å². The first kappa shape index (κ1) is 15.1. The summed E-state index contributed by atoms with van der Waals surface area (Å²) < 4.78 is 5.52. The van der Waals surface area contributed by atoms with Crippen molar-refractivity contribution < 1.29 is 9.53 Å². The molecule has 0 saturated carbocycles. The summed E-state index contributed by atoms with van der Waals surface area (Å²) in [5.41, 5.74) is 0.979. The number of pyridine rings is 1. The Balaban J connectivity index is 1.70. The van der Waals surface area contributed by atoms with Gasteiger partial charge in [-0.05, 0) is 36.4 Å². The summed E-state index contributed by atoms with van der Waals surface area (Å²) in [6.45, 7) is -0.168. The molecule has 2 aromatic carbocycles. The maximum Gasteiger partial charge on any atom is 0.262 e. The first-order valence-corrected chi connectivity index (χ1v) is 7.30. The van der Waals surface area contributed by atoms with Gasteiger partial charge in [0.1, 0.15) is 5.75 Å². The summed E-state index contributed by atoms with van der Waals surface area (Å²) in [5.74, 6) is 0.147. The molecule has 1 amide bonds. The molecule has 23 heavy (non-hydrogen) atoms. The quantitative estimate of drug-likeness (QED) is 0.772. The Morgan fingerprint density at radius 1 is 1.09 bits per heavy atom. The minimum atomic E-state index is -0.303. The Morgan fingerprint density at radius 3 is 2.65 bits per heavy atom. The van der Waals surface area contributed by atoms with Crippen LogP contribution in [0.15, 0.2) is 59.4 Å². The van der Waals surface area contributed by atoms with Crippen LogP contribution in [0.1, 0.15) is 0 Å². The second kappa shape index (κ2) is 6.54. The van der Waals surface area contributed by atoms with Crippen LogP contribution in [0.2, 0.25) is 5.02 Å². The van der Waals surface area contributed by atoms with Gasteiger partial charge in [0.25, 0.3) is 5.91 Å². The number of fused-ring (bicyclic) bond motifs is 1. The summed E-state index contributed by atoms with van der Waals surface area (Å²) in [4.78, 5) is 26.1. The van der Waals surface area contributed by atoms with Crippen LogP contribution in [0.25, 0.3) is 10.9 Å².